The van der Waals surface area contributed by atoms with Crippen LogP contribution in [0.1, 0.15) is 90.2 Å². The van der Waals surface area contributed by atoms with Crippen molar-refractivity contribution in [2.45, 2.75) is 85.1 Å². The van der Waals surface area contributed by atoms with Crippen molar-refractivity contribution in [3.63, 3.8) is 0 Å². The van der Waals surface area contributed by atoms with Crippen LogP contribution in [0.2, 0.25) is 0 Å². The molecule has 1 aromatic carbocycles. The van der Waals surface area contributed by atoms with Crippen molar-refractivity contribution in [3.05, 3.63) is 29.3 Å². The van der Waals surface area contributed by atoms with Crippen LogP contribution in [0.25, 0.3) is 0 Å². The summed E-state index contributed by atoms with van der Waals surface area (Å²) in [5, 5.41) is 3.85. The first kappa shape index (κ1) is 16.4. The van der Waals surface area contributed by atoms with Gasteiger partial charge in [-0.05, 0) is 53.7 Å². The molecule has 0 spiro atoms. The van der Waals surface area contributed by atoms with Gasteiger partial charge >= 0.3 is 0 Å². The lowest BCUT2D eigenvalue weighted by Crippen LogP contribution is -2.32. The van der Waals surface area contributed by atoms with E-state index in [-0.39, 0.29) is 0 Å². The molecule has 1 heteroatoms. The first-order chi connectivity index (χ1) is 9.78. The summed E-state index contributed by atoms with van der Waals surface area (Å²) in [6.07, 6.45) is 5.32. The molecule has 1 aliphatic carbocycles. The zero-order valence-electron chi connectivity index (χ0n) is 14.8. The van der Waals surface area contributed by atoms with Crippen molar-refractivity contribution in [1.82, 2.24) is 0 Å². The molecule has 1 fully saturated rings. The van der Waals surface area contributed by atoms with Gasteiger partial charge < -0.3 is 5.32 Å². The smallest absolute Gasteiger partial charge is 0.0377 e. The van der Waals surface area contributed by atoms with E-state index in [1.165, 1.54) is 42.5 Å². The van der Waals surface area contributed by atoms with Gasteiger partial charge in [-0.25, -0.2) is 0 Å². The maximum Gasteiger partial charge on any atom is 0.0377 e. The van der Waals surface area contributed by atoms with Gasteiger partial charge in [0.2, 0.25) is 0 Å². The van der Waals surface area contributed by atoms with Crippen LogP contribution < -0.4 is 5.32 Å². The molecule has 0 radical (unpaired) electrons. The average molecular weight is 287 g/mol. The third-order valence-corrected chi connectivity index (χ3v) is 4.93. The quantitative estimate of drug-likeness (QED) is 0.683. The monoisotopic (exact) mass is 287 g/mol. The maximum absolute atomic E-state index is 3.85. The molecule has 0 saturated heterocycles. The second-order valence-electron chi connectivity index (χ2n) is 8.26. The van der Waals surface area contributed by atoms with E-state index in [2.05, 4.69) is 65.1 Å². The van der Waals surface area contributed by atoms with Gasteiger partial charge in [0, 0.05) is 11.7 Å². The molecule has 0 amide bonds. The highest BCUT2D eigenvalue weighted by Gasteiger charge is 2.28. The highest BCUT2D eigenvalue weighted by molar-refractivity contribution is 5.55. The standard InChI is InChI=1S/C20H33N/c1-14(2)16-9-10-19(18(12-16)15(3)4)21-17-8-7-11-20(5,6)13-17/h9-10,12,14-15,17,21H,7-8,11,13H2,1-6H3. The summed E-state index contributed by atoms with van der Waals surface area (Å²) in [5.74, 6) is 1.17. The summed E-state index contributed by atoms with van der Waals surface area (Å²) in [6, 6.07) is 7.65. The van der Waals surface area contributed by atoms with Gasteiger partial charge in [0.1, 0.15) is 0 Å². The Morgan fingerprint density at radius 3 is 2.38 bits per heavy atom. The lowest BCUT2D eigenvalue weighted by molar-refractivity contribution is 0.229. The van der Waals surface area contributed by atoms with Crippen LogP contribution in [-0.4, -0.2) is 6.04 Å². The molecule has 21 heavy (non-hydrogen) atoms. The highest BCUT2D eigenvalue weighted by Crippen LogP contribution is 2.37. The van der Waals surface area contributed by atoms with E-state index in [0.717, 1.165) is 0 Å². The molecule has 0 heterocycles. The van der Waals surface area contributed by atoms with E-state index in [0.29, 0.717) is 23.3 Å². The van der Waals surface area contributed by atoms with E-state index < -0.39 is 0 Å². The molecule has 1 atom stereocenters. The van der Waals surface area contributed by atoms with E-state index in [9.17, 15) is 0 Å². The average Bonchev–Trinajstić information content (AvgIpc) is 2.37. The first-order valence-electron chi connectivity index (χ1n) is 8.69. The van der Waals surface area contributed by atoms with Gasteiger partial charge in [-0.1, -0.05) is 60.1 Å². The van der Waals surface area contributed by atoms with Gasteiger partial charge in [-0.2, -0.15) is 0 Å². The molecule has 1 saturated carbocycles. The van der Waals surface area contributed by atoms with Gasteiger partial charge in [0.25, 0.3) is 0 Å². The minimum Gasteiger partial charge on any atom is -0.382 e. The fourth-order valence-electron chi connectivity index (χ4n) is 3.59. The maximum atomic E-state index is 3.85. The number of hydrogen-bond donors (Lipinski definition) is 1. The van der Waals surface area contributed by atoms with Crippen molar-refractivity contribution in [2.75, 3.05) is 5.32 Å². The lowest BCUT2D eigenvalue weighted by Gasteiger charge is -2.36. The second kappa shape index (κ2) is 6.42. The zero-order valence-corrected chi connectivity index (χ0v) is 14.8. The topological polar surface area (TPSA) is 12.0 Å². The fourth-order valence-corrected chi connectivity index (χ4v) is 3.59. The summed E-state index contributed by atoms with van der Waals surface area (Å²) in [7, 11) is 0. The molecule has 1 N–H and O–H groups in total. The Kier molecular flexibility index (Phi) is 5.01. The molecule has 1 aliphatic rings. The summed E-state index contributed by atoms with van der Waals surface area (Å²) >= 11 is 0. The van der Waals surface area contributed by atoms with Crippen LogP contribution >= 0.6 is 0 Å². The van der Waals surface area contributed by atoms with Crippen molar-refractivity contribution < 1.29 is 0 Å². The Morgan fingerprint density at radius 2 is 1.81 bits per heavy atom. The SMILES string of the molecule is CC(C)c1ccc(NC2CCCC(C)(C)C2)c(C(C)C)c1. The molecule has 1 nitrogen and oxygen atoms in total. The van der Waals surface area contributed by atoms with Crippen molar-refractivity contribution in [3.8, 4) is 0 Å². The minimum atomic E-state index is 0.492. The molecular formula is C20H33N. The van der Waals surface area contributed by atoms with Crippen LogP contribution in [0.15, 0.2) is 18.2 Å². The van der Waals surface area contributed by atoms with E-state index in [1.807, 2.05) is 0 Å². The number of hydrogen-bond acceptors (Lipinski definition) is 1. The molecule has 1 aromatic rings. The van der Waals surface area contributed by atoms with Crippen LogP contribution in [0.5, 0.6) is 0 Å². The third-order valence-electron chi connectivity index (χ3n) is 4.93. The first-order valence-corrected chi connectivity index (χ1v) is 8.69. The van der Waals surface area contributed by atoms with Crippen molar-refractivity contribution >= 4 is 5.69 Å². The Morgan fingerprint density at radius 1 is 1.10 bits per heavy atom. The summed E-state index contributed by atoms with van der Waals surface area (Å²) < 4.78 is 0. The van der Waals surface area contributed by atoms with E-state index in [4.69, 9.17) is 0 Å². The lowest BCUT2D eigenvalue weighted by atomic mass is 9.75. The van der Waals surface area contributed by atoms with Gasteiger partial charge in [-0.3, -0.25) is 0 Å². The Labute approximate surface area is 131 Å². The fraction of sp³-hybridized carbons (Fsp3) is 0.700. The third kappa shape index (κ3) is 4.25. The van der Waals surface area contributed by atoms with E-state index in [1.54, 1.807) is 0 Å². The second-order valence-corrected chi connectivity index (χ2v) is 8.26. The van der Waals surface area contributed by atoms with Crippen LogP contribution in [0, 0.1) is 5.41 Å². The summed E-state index contributed by atoms with van der Waals surface area (Å²) in [6.45, 7) is 14.0. The minimum absolute atomic E-state index is 0.492. The Balaban J connectivity index is 2.19. The Bertz CT molecular complexity index is 471. The normalized spacial score (nSPS) is 21.8. The van der Waals surface area contributed by atoms with Crippen molar-refractivity contribution in [2.24, 2.45) is 5.41 Å². The molecule has 2 rings (SSSR count). The van der Waals surface area contributed by atoms with Crippen LogP contribution in [-0.2, 0) is 0 Å². The van der Waals surface area contributed by atoms with Gasteiger partial charge in [-0.15, -0.1) is 0 Å². The number of nitrogens with one attached hydrogen (secondary N) is 1. The van der Waals surface area contributed by atoms with E-state index >= 15 is 0 Å². The molecule has 0 aromatic heterocycles. The largest absolute Gasteiger partial charge is 0.382 e. The molecule has 118 valence electrons. The number of anilines is 1. The number of rotatable bonds is 4. The van der Waals surface area contributed by atoms with Crippen LogP contribution in [0.3, 0.4) is 0 Å². The van der Waals surface area contributed by atoms with Gasteiger partial charge in [0.05, 0.1) is 0 Å². The molecule has 1 unspecified atom stereocenters. The number of benzene rings is 1. The highest BCUT2D eigenvalue weighted by atomic mass is 14.9. The van der Waals surface area contributed by atoms with Crippen molar-refractivity contribution in [1.29, 1.82) is 0 Å². The summed E-state index contributed by atoms with van der Waals surface area (Å²) in [4.78, 5) is 0. The summed E-state index contributed by atoms with van der Waals surface area (Å²) in [5.41, 5.74) is 4.78. The predicted octanol–water partition coefficient (Wildman–Crippen LogP) is 6.31. The Hall–Kier alpha value is -0.980. The van der Waals surface area contributed by atoms with Crippen LogP contribution in [0.4, 0.5) is 5.69 Å². The molecule has 0 aliphatic heterocycles. The predicted molar refractivity (Wildman–Crippen MR) is 94.3 cm³/mol. The molecule has 0 bridgehead atoms. The van der Waals surface area contributed by atoms with Gasteiger partial charge in [0.15, 0.2) is 0 Å². The zero-order chi connectivity index (χ0) is 15.6. The molecular weight excluding hydrogens is 254 g/mol.